The molecule has 136 valence electrons. The summed E-state index contributed by atoms with van der Waals surface area (Å²) in [6.45, 7) is 2.19. The number of ether oxygens (including phenoxy) is 3. The Hall–Kier alpha value is -3.37. The van der Waals surface area contributed by atoms with Crippen molar-refractivity contribution in [1.29, 1.82) is 5.26 Å². The SMILES string of the molecule is CCOc1cc(C#N)ccc1OC(=O)c1csc(-c2ccccc2OC)n1. The van der Waals surface area contributed by atoms with E-state index in [1.165, 1.54) is 23.5 Å². The quantitative estimate of drug-likeness (QED) is 0.468. The number of esters is 1. The molecule has 2 aromatic carbocycles. The second kappa shape index (κ2) is 8.34. The number of carbonyl (C=O) groups excluding carboxylic acids is 1. The van der Waals surface area contributed by atoms with Crippen LogP contribution >= 0.6 is 11.3 Å². The van der Waals surface area contributed by atoms with Crippen molar-refractivity contribution in [3.8, 4) is 33.9 Å². The van der Waals surface area contributed by atoms with Gasteiger partial charge < -0.3 is 14.2 Å². The molecule has 0 fully saturated rings. The Morgan fingerprint density at radius 2 is 2.00 bits per heavy atom. The van der Waals surface area contributed by atoms with Gasteiger partial charge in [-0.2, -0.15) is 5.26 Å². The molecule has 0 atom stereocenters. The number of hydrogen-bond donors (Lipinski definition) is 0. The number of nitrogens with zero attached hydrogens (tertiary/aromatic N) is 2. The largest absolute Gasteiger partial charge is 0.496 e. The van der Waals surface area contributed by atoms with E-state index < -0.39 is 5.97 Å². The maximum Gasteiger partial charge on any atom is 0.363 e. The number of benzene rings is 2. The van der Waals surface area contributed by atoms with Crippen LogP contribution in [0.15, 0.2) is 47.8 Å². The smallest absolute Gasteiger partial charge is 0.363 e. The van der Waals surface area contributed by atoms with Crippen molar-refractivity contribution in [2.45, 2.75) is 6.92 Å². The minimum atomic E-state index is -0.599. The molecular formula is C20H16N2O4S. The Morgan fingerprint density at radius 3 is 2.74 bits per heavy atom. The molecule has 0 N–H and O–H groups in total. The van der Waals surface area contributed by atoms with Crippen LogP contribution in [0.3, 0.4) is 0 Å². The second-order valence-electron chi connectivity index (χ2n) is 5.33. The molecule has 0 amide bonds. The third-order valence-electron chi connectivity index (χ3n) is 3.63. The lowest BCUT2D eigenvalue weighted by Gasteiger charge is -2.10. The van der Waals surface area contributed by atoms with Crippen LogP contribution in [0.5, 0.6) is 17.2 Å². The van der Waals surface area contributed by atoms with E-state index in [0.29, 0.717) is 28.7 Å². The summed E-state index contributed by atoms with van der Waals surface area (Å²) >= 11 is 1.33. The van der Waals surface area contributed by atoms with Gasteiger partial charge in [-0.3, -0.25) is 0 Å². The molecule has 6 nitrogen and oxygen atoms in total. The summed E-state index contributed by atoms with van der Waals surface area (Å²) in [6.07, 6.45) is 0. The summed E-state index contributed by atoms with van der Waals surface area (Å²) in [7, 11) is 1.59. The highest BCUT2D eigenvalue weighted by atomic mass is 32.1. The van der Waals surface area contributed by atoms with E-state index in [9.17, 15) is 4.79 Å². The molecule has 3 aromatic rings. The van der Waals surface area contributed by atoms with E-state index in [2.05, 4.69) is 4.98 Å². The zero-order chi connectivity index (χ0) is 19.2. The Bertz CT molecular complexity index is 1010. The molecule has 0 aliphatic rings. The number of rotatable bonds is 6. The first-order chi connectivity index (χ1) is 13.2. The number of aromatic nitrogens is 1. The first-order valence-corrected chi connectivity index (χ1v) is 9.02. The van der Waals surface area contributed by atoms with E-state index >= 15 is 0 Å². The molecule has 3 rings (SSSR count). The fourth-order valence-corrected chi connectivity index (χ4v) is 3.21. The van der Waals surface area contributed by atoms with E-state index in [4.69, 9.17) is 19.5 Å². The summed E-state index contributed by atoms with van der Waals surface area (Å²) < 4.78 is 16.2. The minimum Gasteiger partial charge on any atom is -0.496 e. The molecule has 27 heavy (non-hydrogen) atoms. The number of hydrogen-bond acceptors (Lipinski definition) is 7. The third-order valence-corrected chi connectivity index (χ3v) is 4.50. The molecule has 0 spiro atoms. The fraction of sp³-hybridized carbons (Fsp3) is 0.150. The average Bonchev–Trinajstić information content (AvgIpc) is 3.19. The Balaban J connectivity index is 1.84. The molecular weight excluding hydrogens is 364 g/mol. The van der Waals surface area contributed by atoms with Crippen LogP contribution in [0.2, 0.25) is 0 Å². The zero-order valence-corrected chi connectivity index (χ0v) is 15.6. The van der Waals surface area contributed by atoms with Gasteiger partial charge in [-0.05, 0) is 31.2 Å². The molecule has 0 aliphatic heterocycles. The van der Waals surface area contributed by atoms with Gasteiger partial charge in [-0.1, -0.05) is 12.1 Å². The van der Waals surface area contributed by atoms with E-state index in [0.717, 1.165) is 5.56 Å². The summed E-state index contributed by atoms with van der Waals surface area (Å²) in [5.41, 5.74) is 1.41. The van der Waals surface area contributed by atoms with E-state index in [1.807, 2.05) is 37.3 Å². The number of methoxy groups -OCH3 is 1. The predicted molar refractivity (Wildman–Crippen MR) is 101 cm³/mol. The topological polar surface area (TPSA) is 81.4 Å². The summed E-state index contributed by atoms with van der Waals surface area (Å²) in [5.74, 6) is 0.660. The molecule has 1 heterocycles. The molecule has 0 radical (unpaired) electrons. The molecule has 7 heteroatoms. The lowest BCUT2D eigenvalue weighted by molar-refractivity contribution is 0.0723. The van der Waals surface area contributed by atoms with Gasteiger partial charge in [0.25, 0.3) is 0 Å². The lowest BCUT2D eigenvalue weighted by Crippen LogP contribution is -2.10. The number of para-hydroxylation sites is 1. The Morgan fingerprint density at radius 1 is 1.19 bits per heavy atom. The van der Waals surface area contributed by atoms with Crippen LogP contribution in [0.4, 0.5) is 0 Å². The van der Waals surface area contributed by atoms with Crippen molar-refractivity contribution in [2.75, 3.05) is 13.7 Å². The van der Waals surface area contributed by atoms with Gasteiger partial charge in [0.15, 0.2) is 17.2 Å². The molecule has 0 saturated carbocycles. The van der Waals surface area contributed by atoms with Gasteiger partial charge in [0.2, 0.25) is 0 Å². The van der Waals surface area contributed by atoms with Crippen LogP contribution in [0.25, 0.3) is 10.6 Å². The van der Waals surface area contributed by atoms with Gasteiger partial charge in [0.1, 0.15) is 10.8 Å². The average molecular weight is 380 g/mol. The number of carbonyl (C=O) groups is 1. The fourth-order valence-electron chi connectivity index (χ4n) is 2.39. The van der Waals surface area contributed by atoms with Crippen LogP contribution in [-0.2, 0) is 0 Å². The molecule has 0 unspecified atom stereocenters. The van der Waals surface area contributed by atoms with Crippen molar-refractivity contribution in [3.05, 3.63) is 59.1 Å². The standard InChI is InChI=1S/C20H16N2O4S/c1-3-25-18-10-13(11-21)8-9-17(18)26-20(23)15-12-27-19(22-15)14-6-4-5-7-16(14)24-2/h4-10,12H,3H2,1-2H3. The monoisotopic (exact) mass is 380 g/mol. The van der Waals surface area contributed by atoms with Gasteiger partial charge in [-0.15, -0.1) is 11.3 Å². The Kier molecular flexibility index (Phi) is 5.69. The minimum absolute atomic E-state index is 0.188. The summed E-state index contributed by atoms with van der Waals surface area (Å²) in [5, 5.41) is 11.3. The first kappa shape index (κ1) is 18.4. The van der Waals surface area contributed by atoms with Gasteiger partial charge >= 0.3 is 5.97 Å². The maximum atomic E-state index is 12.5. The third kappa shape index (κ3) is 4.07. The Labute approximate surface area is 160 Å². The van der Waals surface area contributed by atoms with Gasteiger partial charge in [0.05, 0.1) is 30.9 Å². The van der Waals surface area contributed by atoms with E-state index in [1.54, 1.807) is 18.6 Å². The normalized spacial score (nSPS) is 10.1. The van der Waals surface area contributed by atoms with Crippen molar-refractivity contribution >= 4 is 17.3 Å². The molecule has 0 bridgehead atoms. The maximum absolute atomic E-state index is 12.5. The second-order valence-corrected chi connectivity index (χ2v) is 6.19. The zero-order valence-electron chi connectivity index (χ0n) is 14.8. The molecule has 0 aliphatic carbocycles. The highest BCUT2D eigenvalue weighted by Crippen LogP contribution is 2.33. The van der Waals surface area contributed by atoms with Crippen LogP contribution in [0, 0.1) is 11.3 Å². The number of nitriles is 1. The molecule has 1 aromatic heterocycles. The summed E-state index contributed by atoms with van der Waals surface area (Å²) in [6, 6.07) is 14.1. The highest BCUT2D eigenvalue weighted by Gasteiger charge is 2.18. The predicted octanol–water partition coefficient (Wildman–Crippen LogP) is 4.31. The van der Waals surface area contributed by atoms with Crippen LogP contribution in [0.1, 0.15) is 23.0 Å². The first-order valence-electron chi connectivity index (χ1n) is 8.14. The van der Waals surface area contributed by atoms with Crippen molar-refractivity contribution in [1.82, 2.24) is 4.98 Å². The van der Waals surface area contributed by atoms with Crippen molar-refractivity contribution < 1.29 is 19.0 Å². The van der Waals surface area contributed by atoms with Crippen molar-refractivity contribution in [2.24, 2.45) is 0 Å². The van der Waals surface area contributed by atoms with Crippen molar-refractivity contribution in [3.63, 3.8) is 0 Å². The lowest BCUT2D eigenvalue weighted by atomic mass is 10.2. The van der Waals surface area contributed by atoms with Gasteiger partial charge in [0, 0.05) is 11.4 Å². The van der Waals surface area contributed by atoms with Gasteiger partial charge in [-0.25, -0.2) is 9.78 Å². The highest BCUT2D eigenvalue weighted by molar-refractivity contribution is 7.13. The van der Waals surface area contributed by atoms with Crippen LogP contribution in [-0.4, -0.2) is 24.7 Å². The number of thiazole rings is 1. The van der Waals surface area contributed by atoms with Crippen LogP contribution < -0.4 is 14.2 Å². The molecule has 0 saturated heterocycles. The summed E-state index contributed by atoms with van der Waals surface area (Å²) in [4.78, 5) is 16.9. The van der Waals surface area contributed by atoms with E-state index in [-0.39, 0.29) is 11.4 Å².